The van der Waals surface area contributed by atoms with Crippen molar-refractivity contribution in [1.29, 1.82) is 0 Å². The Bertz CT molecular complexity index is 490. The molecule has 0 radical (unpaired) electrons. The maximum absolute atomic E-state index is 11.1. The Kier molecular flexibility index (Phi) is 2.23. The van der Waals surface area contributed by atoms with Crippen molar-refractivity contribution in [2.75, 3.05) is 0 Å². The Morgan fingerprint density at radius 1 is 1.43 bits per heavy atom. The van der Waals surface area contributed by atoms with Gasteiger partial charge in [-0.25, -0.2) is 5.48 Å². The van der Waals surface area contributed by atoms with Gasteiger partial charge < -0.3 is 0 Å². The zero-order chi connectivity index (χ0) is 10.1. The molecule has 0 unspecified atom stereocenters. The molecule has 0 atom stereocenters. The first kappa shape index (κ1) is 9.18. The van der Waals surface area contributed by atoms with Crippen LogP contribution in [0.5, 0.6) is 0 Å². The molecule has 0 aliphatic carbocycles. The van der Waals surface area contributed by atoms with E-state index in [1.165, 1.54) is 11.3 Å². The van der Waals surface area contributed by atoms with Crippen molar-refractivity contribution in [3.8, 4) is 0 Å². The van der Waals surface area contributed by atoms with Gasteiger partial charge in [-0.2, -0.15) is 0 Å². The highest BCUT2D eigenvalue weighted by Crippen LogP contribution is 2.26. The van der Waals surface area contributed by atoms with E-state index in [2.05, 4.69) is 0 Å². The van der Waals surface area contributed by atoms with Crippen LogP contribution in [-0.2, 0) is 0 Å². The van der Waals surface area contributed by atoms with Gasteiger partial charge >= 0.3 is 0 Å². The summed E-state index contributed by atoms with van der Waals surface area (Å²) in [6, 6.07) is 7.77. The summed E-state index contributed by atoms with van der Waals surface area (Å²) in [4.78, 5) is 11.6. The molecule has 0 saturated carbocycles. The molecule has 1 heterocycles. The number of fused-ring (bicyclic) bond motifs is 1. The molecule has 4 heteroatoms. The van der Waals surface area contributed by atoms with Crippen molar-refractivity contribution in [2.45, 2.75) is 6.92 Å². The Hall–Kier alpha value is -1.39. The summed E-state index contributed by atoms with van der Waals surface area (Å²) in [5, 5.41) is 9.51. The quantitative estimate of drug-likeness (QED) is 0.557. The number of hydrogen-bond donors (Lipinski definition) is 2. The molecule has 3 nitrogen and oxygen atoms in total. The van der Waals surface area contributed by atoms with Crippen molar-refractivity contribution >= 4 is 27.3 Å². The summed E-state index contributed by atoms with van der Waals surface area (Å²) < 4.78 is 1.05. The van der Waals surface area contributed by atoms with Crippen LogP contribution in [-0.4, -0.2) is 11.1 Å². The van der Waals surface area contributed by atoms with Crippen LogP contribution in [0.25, 0.3) is 10.1 Å². The van der Waals surface area contributed by atoms with Crippen molar-refractivity contribution in [1.82, 2.24) is 5.48 Å². The average Bonchev–Trinajstić information content (AvgIpc) is 2.59. The van der Waals surface area contributed by atoms with E-state index >= 15 is 0 Å². The van der Waals surface area contributed by atoms with Gasteiger partial charge in [-0.05, 0) is 24.4 Å². The fraction of sp³-hybridized carbons (Fsp3) is 0.100. The zero-order valence-electron chi connectivity index (χ0n) is 7.57. The Morgan fingerprint density at radius 2 is 2.21 bits per heavy atom. The minimum atomic E-state index is -0.455. The Labute approximate surface area is 84.9 Å². The third kappa shape index (κ3) is 1.49. The highest BCUT2D eigenvalue weighted by atomic mass is 32.1. The first-order valence-electron chi connectivity index (χ1n) is 4.15. The SMILES string of the molecule is Cc1ccc2sc(C(=O)NO)cc2c1. The normalized spacial score (nSPS) is 10.4. The Balaban J connectivity index is 2.56. The van der Waals surface area contributed by atoms with Crippen LogP contribution in [0.2, 0.25) is 0 Å². The molecular weight excluding hydrogens is 198 g/mol. The van der Waals surface area contributed by atoms with Crippen LogP contribution in [0.15, 0.2) is 24.3 Å². The molecule has 0 saturated heterocycles. The first-order chi connectivity index (χ1) is 6.70. The molecule has 1 aromatic carbocycles. The van der Waals surface area contributed by atoms with E-state index in [0.717, 1.165) is 15.6 Å². The van der Waals surface area contributed by atoms with Gasteiger partial charge in [0.15, 0.2) is 0 Å². The number of carbonyl (C=O) groups is 1. The van der Waals surface area contributed by atoms with Crippen molar-refractivity contribution in [3.05, 3.63) is 34.7 Å². The van der Waals surface area contributed by atoms with Gasteiger partial charge in [-0.15, -0.1) is 11.3 Å². The van der Waals surface area contributed by atoms with Crippen molar-refractivity contribution in [3.63, 3.8) is 0 Å². The topological polar surface area (TPSA) is 49.3 Å². The number of hydroxylamine groups is 1. The van der Waals surface area contributed by atoms with Crippen molar-refractivity contribution in [2.24, 2.45) is 0 Å². The molecule has 2 aromatic rings. The molecular formula is C10H9NO2S. The van der Waals surface area contributed by atoms with Gasteiger partial charge in [-0.1, -0.05) is 17.7 Å². The standard InChI is InChI=1S/C10H9NO2S/c1-6-2-3-8-7(4-6)5-9(14-8)10(12)11-13/h2-5,13H,1H3,(H,11,12). The molecule has 14 heavy (non-hydrogen) atoms. The van der Waals surface area contributed by atoms with Gasteiger partial charge in [0.1, 0.15) is 0 Å². The second-order valence-electron chi connectivity index (χ2n) is 3.09. The lowest BCUT2D eigenvalue weighted by Gasteiger charge is -1.89. The number of amides is 1. The van der Waals surface area contributed by atoms with Crippen LogP contribution >= 0.6 is 11.3 Å². The highest BCUT2D eigenvalue weighted by Gasteiger charge is 2.08. The zero-order valence-corrected chi connectivity index (χ0v) is 8.39. The number of benzene rings is 1. The largest absolute Gasteiger partial charge is 0.288 e. The second kappa shape index (κ2) is 3.40. The number of carbonyl (C=O) groups excluding carboxylic acids is 1. The fourth-order valence-corrected chi connectivity index (χ4v) is 2.26. The summed E-state index contributed by atoms with van der Waals surface area (Å²) in [5.41, 5.74) is 2.79. The number of nitrogens with one attached hydrogen (secondary N) is 1. The second-order valence-corrected chi connectivity index (χ2v) is 4.18. The van der Waals surface area contributed by atoms with Crippen LogP contribution in [0, 0.1) is 6.92 Å². The molecule has 0 fully saturated rings. The van der Waals surface area contributed by atoms with Crippen LogP contribution in [0.4, 0.5) is 0 Å². The molecule has 2 rings (SSSR count). The molecule has 2 N–H and O–H groups in total. The van der Waals surface area contributed by atoms with E-state index < -0.39 is 5.91 Å². The number of thiophene rings is 1. The fourth-order valence-electron chi connectivity index (χ4n) is 1.33. The third-order valence-corrected chi connectivity index (χ3v) is 3.11. The van der Waals surface area contributed by atoms with Gasteiger partial charge in [0.25, 0.3) is 5.91 Å². The third-order valence-electron chi connectivity index (χ3n) is 2.00. The number of aryl methyl sites for hydroxylation is 1. The van der Waals surface area contributed by atoms with Crippen LogP contribution in [0.1, 0.15) is 15.2 Å². The van der Waals surface area contributed by atoms with Crippen LogP contribution in [0.3, 0.4) is 0 Å². The number of hydrogen-bond acceptors (Lipinski definition) is 3. The van der Waals surface area contributed by atoms with Crippen molar-refractivity contribution < 1.29 is 10.0 Å². The van der Waals surface area contributed by atoms with E-state index in [1.807, 2.05) is 25.1 Å². The molecule has 0 aliphatic heterocycles. The summed E-state index contributed by atoms with van der Waals surface area (Å²) in [6.45, 7) is 2.00. The summed E-state index contributed by atoms with van der Waals surface area (Å²) in [5.74, 6) is -0.455. The summed E-state index contributed by atoms with van der Waals surface area (Å²) in [6.07, 6.45) is 0. The average molecular weight is 207 g/mol. The maximum atomic E-state index is 11.1. The van der Waals surface area contributed by atoms with E-state index in [4.69, 9.17) is 5.21 Å². The highest BCUT2D eigenvalue weighted by molar-refractivity contribution is 7.20. The molecule has 1 amide bonds. The van der Waals surface area contributed by atoms with Gasteiger partial charge in [-0.3, -0.25) is 10.0 Å². The van der Waals surface area contributed by atoms with E-state index in [0.29, 0.717) is 4.88 Å². The molecule has 72 valence electrons. The summed E-state index contributed by atoms with van der Waals surface area (Å²) >= 11 is 1.37. The smallest absolute Gasteiger partial charge is 0.284 e. The Morgan fingerprint density at radius 3 is 2.93 bits per heavy atom. The van der Waals surface area contributed by atoms with Crippen LogP contribution < -0.4 is 5.48 Å². The van der Waals surface area contributed by atoms with Gasteiger partial charge in [0, 0.05) is 4.70 Å². The van der Waals surface area contributed by atoms with E-state index in [9.17, 15) is 4.79 Å². The summed E-state index contributed by atoms with van der Waals surface area (Å²) in [7, 11) is 0. The van der Waals surface area contributed by atoms with Gasteiger partial charge in [0.05, 0.1) is 4.88 Å². The van der Waals surface area contributed by atoms with E-state index in [1.54, 1.807) is 11.5 Å². The minimum absolute atomic E-state index is 0.455. The lowest BCUT2D eigenvalue weighted by molar-refractivity contribution is 0.0711. The minimum Gasteiger partial charge on any atom is -0.288 e. The predicted octanol–water partition coefficient (Wildman–Crippen LogP) is 2.33. The molecule has 0 bridgehead atoms. The predicted molar refractivity (Wildman–Crippen MR) is 55.8 cm³/mol. The maximum Gasteiger partial charge on any atom is 0.284 e. The number of rotatable bonds is 1. The lowest BCUT2D eigenvalue weighted by Crippen LogP contribution is -2.16. The molecule has 0 aliphatic rings. The molecule has 1 aromatic heterocycles. The van der Waals surface area contributed by atoms with E-state index in [-0.39, 0.29) is 0 Å². The first-order valence-corrected chi connectivity index (χ1v) is 4.97. The molecule has 0 spiro atoms. The monoisotopic (exact) mass is 207 g/mol. The lowest BCUT2D eigenvalue weighted by atomic mass is 10.2. The van der Waals surface area contributed by atoms with Gasteiger partial charge in [0.2, 0.25) is 0 Å².